The van der Waals surface area contributed by atoms with Gasteiger partial charge in [0.05, 0.1) is 16.8 Å². The van der Waals surface area contributed by atoms with Gasteiger partial charge in [-0.15, -0.1) is 11.3 Å². The molecule has 2 aromatic rings. The van der Waals surface area contributed by atoms with Gasteiger partial charge in [0.2, 0.25) is 0 Å². The number of rotatable bonds is 6. The lowest BCUT2D eigenvalue weighted by atomic mass is 9.93. The Morgan fingerprint density at radius 1 is 1.26 bits per heavy atom. The third-order valence-corrected chi connectivity index (χ3v) is 4.68. The molecule has 1 unspecified atom stereocenters. The molecule has 0 aliphatic heterocycles. The predicted octanol–water partition coefficient (Wildman–Crippen LogP) is 4.51. The van der Waals surface area contributed by atoms with E-state index in [9.17, 15) is 0 Å². The van der Waals surface area contributed by atoms with Crippen molar-refractivity contribution in [1.29, 1.82) is 0 Å². The fraction of sp³-hybridized carbons (Fsp3) is 0.526. The van der Waals surface area contributed by atoms with Crippen molar-refractivity contribution in [3.63, 3.8) is 0 Å². The highest BCUT2D eigenvalue weighted by molar-refractivity contribution is 7.09. The number of hydrogen-bond acceptors (Lipinski definition) is 4. The van der Waals surface area contributed by atoms with E-state index in [4.69, 9.17) is 15.5 Å². The van der Waals surface area contributed by atoms with Crippen LogP contribution in [0.4, 0.5) is 0 Å². The van der Waals surface area contributed by atoms with E-state index in [0.29, 0.717) is 6.54 Å². The molecule has 0 radical (unpaired) electrons. The maximum atomic E-state index is 6.03. The van der Waals surface area contributed by atoms with Crippen LogP contribution < -0.4 is 10.5 Å². The van der Waals surface area contributed by atoms with Gasteiger partial charge >= 0.3 is 0 Å². The normalized spacial score (nSPS) is 13.3. The third-order valence-electron chi connectivity index (χ3n) is 3.68. The predicted molar refractivity (Wildman–Crippen MR) is 98.5 cm³/mol. The average molecular weight is 333 g/mol. The van der Waals surface area contributed by atoms with Crippen molar-refractivity contribution in [2.24, 2.45) is 5.73 Å². The third kappa shape index (κ3) is 5.05. The average Bonchev–Trinajstić information content (AvgIpc) is 2.94. The summed E-state index contributed by atoms with van der Waals surface area (Å²) in [7, 11) is 0. The van der Waals surface area contributed by atoms with E-state index in [1.54, 1.807) is 11.3 Å². The number of hydrogen-bond donors (Lipinski definition) is 1. The minimum absolute atomic E-state index is 0.0823. The standard InChI is InChI=1S/C19H28N2OS/c1-13(2)22-16-8-6-7-14(10-16)9-15(11-20)18-21-17(12-23-18)19(3,4)5/h6-8,10,12-13,15H,9,11,20H2,1-5H3. The van der Waals surface area contributed by atoms with Gasteiger partial charge in [0.1, 0.15) is 5.75 Å². The molecule has 0 saturated heterocycles. The second kappa shape index (κ2) is 7.45. The zero-order valence-corrected chi connectivity index (χ0v) is 15.6. The molecule has 0 saturated carbocycles. The molecule has 23 heavy (non-hydrogen) atoms. The van der Waals surface area contributed by atoms with Crippen LogP contribution in [0.1, 0.15) is 56.8 Å². The molecule has 4 heteroatoms. The van der Waals surface area contributed by atoms with E-state index in [0.717, 1.165) is 22.9 Å². The highest BCUT2D eigenvalue weighted by atomic mass is 32.1. The van der Waals surface area contributed by atoms with E-state index in [1.807, 2.05) is 26.0 Å². The summed E-state index contributed by atoms with van der Waals surface area (Å²) < 4.78 is 5.78. The molecule has 2 rings (SSSR count). The van der Waals surface area contributed by atoms with Crippen LogP contribution in [0.2, 0.25) is 0 Å². The van der Waals surface area contributed by atoms with Crippen molar-refractivity contribution >= 4 is 11.3 Å². The second-order valence-electron chi connectivity index (χ2n) is 7.27. The summed E-state index contributed by atoms with van der Waals surface area (Å²) in [4.78, 5) is 4.83. The van der Waals surface area contributed by atoms with Gasteiger partial charge in [-0.25, -0.2) is 4.98 Å². The van der Waals surface area contributed by atoms with Gasteiger partial charge in [0.25, 0.3) is 0 Å². The van der Waals surface area contributed by atoms with Gasteiger partial charge in [0, 0.05) is 23.3 Å². The molecule has 1 aromatic carbocycles. The molecule has 0 bridgehead atoms. The van der Waals surface area contributed by atoms with E-state index >= 15 is 0 Å². The van der Waals surface area contributed by atoms with Crippen LogP contribution in [-0.2, 0) is 11.8 Å². The summed E-state index contributed by atoms with van der Waals surface area (Å²) >= 11 is 1.72. The van der Waals surface area contributed by atoms with E-state index in [-0.39, 0.29) is 17.4 Å². The zero-order valence-electron chi connectivity index (χ0n) is 14.8. The van der Waals surface area contributed by atoms with Gasteiger partial charge in [-0.05, 0) is 38.0 Å². The van der Waals surface area contributed by atoms with E-state index < -0.39 is 0 Å². The Balaban J connectivity index is 2.15. The molecule has 2 N–H and O–H groups in total. The van der Waals surface area contributed by atoms with Crippen LogP contribution in [0.15, 0.2) is 29.6 Å². The maximum Gasteiger partial charge on any atom is 0.119 e. The quantitative estimate of drug-likeness (QED) is 0.846. The van der Waals surface area contributed by atoms with Crippen molar-refractivity contribution < 1.29 is 4.74 Å². The number of benzene rings is 1. The first-order valence-corrected chi connectivity index (χ1v) is 9.09. The van der Waals surface area contributed by atoms with Crippen molar-refractivity contribution in [1.82, 2.24) is 4.98 Å². The summed E-state index contributed by atoms with van der Waals surface area (Å²) in [6, 6.07) is 8.29. The zero-order chi connectivity index (χ0) is 17.0. The van der Waals surface area contributed by atoms with Crippen LogP contribution in [0.3, 0.4) is 0 Å². The van der Waals surface area contributed by atoms with Gasteiger partial charge in [-0.2, -0.15) is 0 Å². The minimum atomic E-state index is 0.0823. The van der Waals surface area contributed by atoms with E-state index in [1.165, 1.54) is 5.56 Å². The lowest BCUT2D eigenvalue weighted by Gasteiger charge is -2.16. The molecule has 1 atom stereocenters. The molecule has 0 fully saturated rings. The lowest BCUT2D eigenvalue weighted by molar-refractivity contribution is 0.242. The second-order valence-corrected chi connectivity index (χ2v) is 8.16. The summed E-state index contributed by atoms with van der Waals surface area (Å²) in [5, 5.41) is 3.30. The fourth-order valence-corrected chi connectivity index (χ4v) is 3.56. The molecule has 0 aliphatic rings. The Kier molecular flexibility index (Phi) is 5.82. The Hall–Kier alpha value is -1.39. The molecule has 0 amide bonds. The molecule has 0 spiro atoms. The van der Waals surface area contributed by atoms with Gasteiger partial charge < -0.3 is 10.5 Å². The SMILES string of the molecule is CC(C)Oc1cccc(CC(CN)c2nc(C(C)(C)C)cs2)c1. The molecule has 3 nitrogen and oxygen atoms in total. The Labute approximate surface area is 143 Å². The number of aromatic nitrogens is 1. The topological polar surface area (TPSA) is 48.1 Å². The first kappa shape index (κ1) is 18.0. The molecular formula is C19H28N2OS. The molecule has 126 valence electrons. The summed E-state index contributed by atoms with van der Waals surface area (Å²) in [6.45, 7) is 11.3. The van der Waals surface area contributed by atoms with Gasteiger partial charge in [0.15, 0.2) is 0 Å². The van der Waals surface area contributed by atoms with Crippen LogP contribution in [0.25, 0.3) is 0 Å². The Bertz CT molecular complexity index is 628. The maximum absolute atomic E-state index is 6.03. The summed E-state index contributed by atoms with van der Waals surface area (Å²) in [5.74, 6) is 1.17. The highest BCUT2D eigenvalue weighted by Crippen LogP contribution is 2.29. The van der Waals surface area contributed by atoms with Crippen LogP contribution in [0, 0.1) is 0 Å². The number of thiazole rings is 1. The fourth-order valence-electron chi connectivity index (χ4n) is 2.39. The molecule has 0 aliphatic carbocycles. The number of nitrogens with two attached hydrogens (primary N) is 1. The van der Waals surface area contributed by atoms with Crippen molar-refractivity contribution in [2.45, 2.75) is 58.5 Å². The van der Waals surface area contributed by atoms with Crippen LogP contribution in [0.5, 0.6) is 5.75 Å². The van der Waals surface area contributed by atoms with Crippen LogP contribution >= 0.6 is 11.3 Å². The van der Waals surface area contributed by atoms with Crippen molar-refractivity contribution in [2.75, 3.05) is 6.54 Å². The lowest BCUT2D eigenvalue weighted by Crippen LogP contribution is -2.16. The Morgan fingerprint density at radius 2 is 2.00 bits per heavy atom. The largest absolute Gasteiger partial charge is 0.491 e. The summed E-state index contributed by atoms with van der Waals surface area (Å²) in [6.07, 6.45) is 1.08. The molecule has 1 heterocycles. The van der Waals surface area contributed by atoms with Gasteiger partial charge in [-0.3, -0.25) is 0 Å². The Morgan fingerprint density at radius 3 is 2.57 bits per heavy atom. The number of ether oxygens (including phenoxy) is 1. The number of nitrogens with zero attached hydrogens (tertiary/aromatic N) is 1. The van der Waals surface area contributed by atoms with Crippen molar-refractivity contribution in [3.05, 3.63) is 45.9 Å². The summed E-state index contributed by atoms with van der Waals surface area (Å²) in [5.41, 5.74) is 8.50. The smallest absolute Gasteiger partial charge is 0.119 e. The first-order valence-electron chi connectivity index (χ1n) is 8.21. The van der Waals surface area contributed by atoms with E-state index in [2.05, 4.69) is 38.3 Å². The first-order chi connectivity index (χ1) is 10.8. The van der Waals surface area contributed by atoms with Gasteiger partial charge in [-0.1, -0.05) is 32.9 Å². The highest BCUT2D eigenvalue weighted by Gasteiger charge is 2.21. The molecular weight excluding hydrogens is 304 g/mol. The van der Waals surface area contributed by atoms with Crippen LogP contribution in [-0.4, -0.2) is 17.6 Å². The monoisotopic (exact) mass is 332 g/mol. The molecule has 1 aromatic heterocycles. The minimum Gasteiger partial charge on any atom is -0.491 e. The van der Waals surface area contributed by atoms with Crippen molar-refractivity contribution in [3.8, 4) is 5.75 Å².